The van der Waals surface area contributed by atoms with E-state index >= 15 is 0 Å². The average molecular weight is 168 g/mol. The molecule has 0 saturated heterocycles. The molecular formula is C10H16O2. The lowest BCUT2D eigenvalue weighted by atomic mass is 10.2. The Morgan fingerprint density at radius 2 is 2.08 bits per heavy atom. The predicted molar refractivity (Wildman–Crippen MR) is 49.7 cm³/mol. The Balaban J connectivity index is 4.02. The molecule has 12 heavy (non-hydrogen) atoms. The fourth-order valence-electron chi connectivity index (χ4n) is 0.626. The van der Waals surface area contributed by atoms with Crippen LogP contribution in [0.1, 0.15) is 20.8 Å². The lowest BCUT2D eigenvalue weighted by Gasteiger charge is -2.11. The molecule has 2 heteroatoms. The van der Waals surface area contributed by atoms with E-state index in [9.17, 15) is 4.79 Å². The maximum atomic E-state index is 11.1. The number of hydrogen-bond donors (Lipinski definition) is 0. The topological polar surface area (TPSA) is 26.3 Å². The maximum Gasteiger partial charge on any atom is 0.309 e. The summed E-state index contributed by atoms with van der Waals surface area (Å²) >= 11 is 0. The molecule has 0 aliphatic heterocycles. The van der Waals surface area contributed by atoms with Gasteiger partial charge in [0.2, 0.25) is 0 Å². The normalized spacial score (nSPS) is 13.3. The van der Waals surface area contributed by atoms with Crippen molar-refractivity contribution < 1.29 is 9.53 Å². The van der Waals surface area contributed by atoms with Gasteiger partial charge in [-0.2, -0.15) is 0 Å². The van der Waals surface area contributed by atoms with Gasteiger partial charge in [-0.05, 0) is 19.1 Å². The number of allylic oxidation sites excluding steroid dienone is 1. The largest absolute Gasteiger partial charge is 0.454 e. The van der Waals surface area contributed by atoms with E-state index in [0.717, 1.165) is 0 Å². The van der Waals surface area contributed by atoms with E-state index < -0.39 is 0 Å². The molecule has 0 aromatic rings. The molecule has 0 bridgehead atoms. The summed E-state index contributed by atoms with van der Waals surface area (Å²) in [5, 5.41) is 0. The van der Waals surface area contributed by atoms with Crippen molar-refractivity contribution in [2.24, 2.45) is 5.92 Å². The Morgan fingerprint density at radius 3 is 2.42 bits per heavy atom. The minimum absolute atomic E-state index is 0.0855. The van der Waals surface area contributed by atoms with Gasteiger partial charge in [0, 0.05) is 0 Å². The lowest BCUT2D eigenvalue weighted by Crippen LogP contribution is -2.18. The molecule has 0 radical (unpaired) electrons. The smallest absolute Gasteiger partial charge is 0.309 e. The van der Waals surface area contributed by atoms with Gasteiger partial charge in [0.25, 0.3) is 0 Å². The van der Waals surface area contributed by atoms with Gasteiger partial charge in [0.15, 0.2) is 0 Å². The zero-order valence-corrected chi connectivity index (χ0v) is 7.91. The van der Waals surface area contributed by atoms with E-state index in [1.165, 1.54) is 0 Å². The van der Waals surface area contributed by atoms with Gasteiger partial charge in [-0.15, -0.1) is 0 Å². The third kappa shape index (κ3) is 3.96. The van der Waals surface area contributed by atoms with Crippen molar-refractivity contribution in [3.05, 3.63) is 24.8 Å². The number of ether oxygens (including phenoxy) is 1. The summed E-state index contributed by atoms with van der Waals surface area (Å²) in [5.41, 5.74) is 0. The summed E-state index contributed by atoms with van der Waals surface area (Å²) in [6, 6.07) is 0. The van der Waals surface area contributed by atoms with Crippen LogP contribution in [0.2, 0.25) is 0 Å². The molecule has 0 fully saturated rings. The van der Waals surface area contributed by atoms with Gasteiger partial charge in [-0.3, -0.25) is 4.79 Å². The Hall–Kier alpha value is -1.05. The molecule has 68 valence electrons. The predicted octanol–water partition coefficient (Wildman–Crippen LogP) is 2.32. The zero-order valence-electron chi connectivity index (χ0n) is 7.91. The van der Waals surface area contributed by atoms with E-state index in [1.807, 2.05) is 13.0 Å². The van der Waals surface area contributed by atoms with Crippen molar-refractivity contribution in [1.29, 1.82) is 0 Å². The van der Waals surface area contributed by atoms with Crippen molar-refractivity contribution in [2.75, 3.05) is 0 Å². The molecule has 0 amide bonds. The van der Waals surface area contributed by atoms with Crippen LogP contribution in [0, 0.1) is 5.92 Å². The summed E-state index contributed by atoms with van der Waals surface area (Å²) in [7, 11) is 0. The molecule has 0 N–H and O–H groups in total. The highest BCUT2D eigenvalue weighted by Gasteiger charge is 2.11. The third-order valence-electron chi connectivity index (χ3n) is 1.34. The highest BCUT2D eigenvalue weighted by Crippen LogP contribution is 2.02. The van der Waals surface area contributed by atoms with Crippen molar-refractivity contribution >= 4 is 5.97 Å². The van der Waals surface area contributed by atoms with Gasteiger partial charge in [0.1, 0.15) is 6.10 Å². The third-order valence-corrected chi connectivity index (χ3v) is 1.34. The first-order valence-corrected chi connectivity index (χ1v) is 4.07. The second kappa shape index (κ2) is 5.58. The highest BCUT2D eigenvalue weighted by molar-refractivity contribution is 5.72. The van der Waals surface area contributed by atoms with Crippen LogP contribution in [-0.2, 0) is 9.53 Å². The van der Waals surface area contributed by atoms with E-state index in [2.05, 4.69) is 6.58 Å². The molecule has 0 spiro atoms. The van der Waals surface area contributed by atoms with Crippen LogP contribution in [0.5, 0.6) is 0 Å². The SMILES string of the molecule is C=CC(/C=C/C)OC(=O)C(C)C. The van der Waals surface area contributed by atoms with E-state index in [-0.39, 0.29) is 18.0 Å². The molecule has 0 aliphatic rings. The monoisotopic (exact) mass is 168 g/mol. The zero-order chi connectivity index (χ0) is 9.56. The molecule has 0 rings (SSSR count). The van der Waals surface area contributed by atoms with Crippen molar-refractivity contribution in [3.8, 4) is 0 Å². The second-order valence-corrected chi connectivity index (χ2v) is 2.82. The van der Waals surface area contributed by atoms with Gasteiger partial charge in [0.05, 0.1) is 5.92 Å². The number of carbonyl (C=O) groups is 1. The van der Waals surface area contributed by atoms with Gasteiger partial charge < -0.3 is 4.74 Å². The highest BCUT2D eigenvalue weighted by atomic mass is 16.5. The summed E-state index contributed by atoms with van der Waals surface area (Å²) in [5.74, 6) is -0.282. The number of esters is 1. The summed E-state index contributed by atoms with van der Waals surface area (Å²) in [4.78, 5) is 11.1. The quantitative estimate of drug-likeness (QED) is 0.475. The Labute approximate surface area is 73.9 Å². The van der Waals surface area contributed by atoms with Crippen molar-refractivity contribution in [3.63, 3.8) is 0 Å². The number of carbonyl (C=O) groups excluding carboxylic acids is 1. The minimum atomic E-state index is -0.287. The Kier molecular flexibility index (Phi) is 5.09. The van der Waals surface area contributed by atoms with Crippen molar-refractivity contribution in [1.82, 2.24) is 0 Å². The number of hydrogen-bond acceptors (Lipinski definition) is 2. The van der Waals surface area contributed by atoms with E-state index in [1.54, 1.807) is 26.0 Å². The molecule has 0 aliphatic carbocycles. The Morgan fingerprint density at radius 1 is 1.50 bits per heavy atom. The molecule has 1 atom stereocenters. The average Bonchev–Trinajstić information content (AvgIpc) is 2.03. The standard InChI is InChI=1S/C10H16O2/c1-5-7-9(6-2)12-10(11)8(3)4/h5-9H,2H2,1,3-4H3/b7-5+. The summed E-state index contributed by atoms with van der Waals surface area (Å²) in [6.45, 7) is 9.05. The van der Waals surface area contributed by atoms with Crippen LogP contribution in [0.3, 0.4) is 0 Å². The van der Waals surface area contributed by atoms with E-state index in [0.29, 0.717) is 0 Å². The van der Waals surface area contributed by atoms with Crippen LogP contribution >= 0.6 is 0 Å². The van der Waals surface area contributed by atoms with Crippen LogP contribution in [0.15, 0.2) is 24.8 Å². The van der Waals surface area contributed by atoms with Crippen molar-refractivity contribution in [2.45, 2.75) is 26.9 Å². The summed E-state index contributed by atoms with van der Waals surface area (Å²) < 4.78 is 5.06. The first-order valence-electron chi connectivity index (χ1n) is 4.07. The fourth-order valence-corrected chi connectivity index (χ4v) is 0.626. The van der Waals surface area contributed by atoms with E-state index in [4.69, 9.17) is 4.74 Å². The first-order chi connectivity index (χ1) is 5.61. The van der Waals surface area contributed by atoms with Crippen LogP contribution < -0.4 is 0 Å². The lowest BCUT2D eigenvalue weighted by molar-refractivity contribution is -0.148. The molecule has 1 unspecified atom stereocenters. The fraction of sp³-hybridized carbons (Fsp3) is 0.500. The first kappa shape index (κ1) is 11.0. The molecule has 2 nitrogen and oxygen atoms in total. The Bertz CT molecular complexity index is 180. The van der Waals surface area contributed by atoms with Gasteiger partial charge in [-0.1, -0.05) is 26.5 Å². The molecular weight excluding hydrogens is 152 g/mol. The molecule has 0 saturated carbocycles. The molecule has 0 aromatic carbocycles. The molecule has 0 aromatic heterocycles. The minimum Gasteiger partial charge on any atom is -0.454 e. The number of rotatable bonds is 4. The van der Waals surface area contributed by atoms with Gasteiger partial charge in [-0.25, -0.2) is 0 Å². The van der Waals surface area contributed by atoms with Crippen LogP contribution in [-0.4, -0.2) is 12.1 Å². The van der Waals surface area contributed by atoms with Crippen LogP contribution in [0.4, 0.5) is 0 Å². The maximum absolute atomic E-state index is 11.1. The second-order valence-electron chi connectivity index (χ2n) is 2.82. The summed E-state index contributed by atoms with van der Waals surface area (Å²) in [6.07, 6.45) is 4.93. The molecule has 0 heterocycles. The van der Waals surface area contributed by atoms with Crippen LogP contribution in [0.25, 0.3) is 0 Å². The van der Waals surface area contributed by atoms with Gasteiger partial charge >= 0.3 is 5.97 Å².